The SMILES string of the molecule is CCc1cc2ccc(CN3CCN(C(=O)C4(C#N)CCCC4)CC3)cc2[nH]c1=O. The van der Waals surface area contributed by atoms with E-state index in [9.17, 15) is 14.9 Å². The highest BCUT2D eigenvalue weighted by Gasteiger charge is 2.44. The van der Waals surface area contributed by atoms with E-state index in [4.69, 9.17) is 0 Å². The van der Waals surface area contributed by atoms with Crippen molar-refractivity contribution in [3.63, 3.8) is 0 Å². The number of piperazine rings is 1. The summed E-state index contributed by atoms with van der Waals surface area (Å²) in [7, 11) is 0. The molecule has 0 spiro atoms. The van der Waals surface area contributed by atoms with Crippen LogP contribution in [0.4, 0.5) is 0 Å². The van der Waals surface area contributed by atoms with E-state index >= 15 is 0 Å². The van der Waals surface area contributed by atoms with Gasteiger partial charge in [-0.05, 0) is 42.3 Å². The van der Waals surface area contributed by atoms with Crippen molar-refractivity contribution in [1.82, 2.24) is 14.8 Å². The average molecular weight is 393 g/mol. The predicted octanol–water partition coefficient (Wildman–Crippen LogP) is 2.82. The smallest absolute Gasteiger partial charge is 0.251 e. The Kier molecular flexibility index (Phi) is 5.42. The van der Waals surface area contributed by atoms with Gasteiger partial charge in [0, 0.05) is 43.8 Å². The summed E-state index contributed by atoms with van der Waals surface area (Å²) in [5.74, 6) is 0.0344. The maximum atomic E-state index is 12.9. The zero-order valence-corrected chi connectivity index (χ0v) is 17.0. The number of aryl methyl sites for hydroxylation is 1. The van der Waals surface area contributed by atoms with Gasteiger partial charge in [0.15, 0.2) is 0 Å². The molecule has 2 heterocycles. The van der Waals surface area contributed by atoms with Gasteiger partial charge in [-0.2, -0.15) is 5.26 Å². The van der Waals surface area contributed by atoms with Crippen molar-refractivity contribution in [2.24, 2.45) is 5.41 Å². The molecule has 1 aromatic heterocycles. The van der Waals surface area contributed by atoms with Crippen LogP contribution in [0, 0.1) is 16.7 Å². The highest BCUT2D eigenvalue weighted by Crippen LogP contribution is 2.39. The number of hydrogen-bond acceptors (Lipinski definition) is 4. The summed E-state index contributed by atoms with van der Waals surface area (Å²) in [4.78, 5) is 32.2. The topological polar surface area (TPSA) is 80.2 Å². The van der Waals surface area contributed by atoms with Crippen LogP contribution in [0.5, 0.6) is 0 Å². The fourth-order valence-electron chi connectivity index (χ4n) is 4.68. The number of nitrogens with one attached hydrogen (secondary N) is 1. The van der Waals surface area contributed by atoms with Crippen LogP contribution in [0.1, 0.15) is 43.7 Å². The Morgan fingerprint density at radius 3 is 2.55 bits per heavy atom. The number of carbonyl (C=O) groups excluding carboxylic acids is 1. The van der Waals surface area contributed by atoms with Gasteiger partial charge >= 0.3 is 0 Å². The normalized spacial score (nSPS) is 19.4. The van der Waals surface area contributed by atoms with Crippen LogP contribution in [0.25, 0.3) is 10.9 Å². The maximum Gasteiger partial charge on any atom is 0.251 e. The van der Waals surface area contributed by atoms with Crippen molar-refractivity contribution in [2.75, 3.05) is 26.2 Å². The van der Waals surface area contributed by atoms with Crippen LogP contribution in [-0.4, -0.2) is 46.9 Å². The molecule has 4 rings (SSSR count). The Balaban J connectivity index is 1.40. The second-order valence-electron chi connectivity index (χ2n) is 8.37. The number of amides is 1. The molecule has 0 radical (unpaired) electrons. The summed E-state index contributed by atoms with van der Waals surface area (Å²) in [6.45, 7) is 5.73. The molecule has 1 amide bonds. The van der Waals surface area contributed by atoms with E-state index in [1.807, 2.05) is 17.9 Å². The number of nitrogens with zero attached hydrogens (tertiary/aromatic N) is 3. The third kappa shape index (κ3) is 3.79. The van der Waals surface area contributed by atoms with Gasteiger partial charge in [0.25, 0.3) is 5.56 Å². The first-order valence-corrected chi connectivity index (χ1v) is 10.6. The predicted molar refractivity (Wildman–Crippen MR) is 112 cm³/mol. The number of fused-ring (bicyclic) bond motifs is 1. The monoisotopic (exact) mass is 392 g/mol. The van der Waals surface area contributed by atoms with Gasteiger partial charge in [0.2, 0.25) is 5.91 Å². The minimum Gasteiger partial charge on any atom is -0.339 e. The van der Waals surface area contributed by atoms with E-state index < -0.39 is 5.41 Å². The molecular weight excluding hydrogens is 364 g/mol. The molecule has 152 valence electrons. The Bertz CT molecular complexity index is 1010. The summed E-state index contributed by atoms with van der Waals surface area (Å²) in [5, 5.41) is 10.6. The lowest BCUT2D eigenvalue weighted by molar-refractivity contribution is -0.140. The molecule has 0 atom stereocenters. The van der Waals surface area contributed by atoms with Crippen molar-refractivity contribution in [1.29, 1.82) is 5.26 Å². The van der Waals surface area contributed by atoms with Crippen molar-refractivity contribution >= 4 is 16.8 Å². The Morgan fingerprint density at radius 1 is 1.17 bits per heavy atom. The molecule has 1 saturated carbocycles. The molecule has 6 nitrogen and oxygen atoms in total. The number of aromatic amines is 1. The molecule has 2 fully saturated rings. The first kappa shape index (κ1) is 19.7. The number of pyridine rings is 1. The van der Waals surface area contributed by atoms with E-state index in [0.29, 0.717) is 25.9 Å². The second kappa shape index (κ2) is 8.00. The van der Waals surface area contributed by atoms with E-state index in [1.165, 1.54) is 0 Å². The highest BCUT2D eigenvalue weighted by atomic mass is 16.2. The maximum absolute atomic E-state index is 12.9. The zero-order chi connectivity index (χ0) is 20.4. The van der Waals surface area contributed by atoms with E-state index in [0.717, 1.165) is 60.9 Å². The number of hydrogen-bond donors (Lipinski definition) is 1. The van der Waals surface area contributed by atoms with E-state index in [2.05, 4.69) is 34.2 Å². The fourth-order valence-corrected chi connectivity index (χ4v) is 4.68. The standard InChI is InChI=1S/C23H28N4O2/c1-2-18-14-19-6-5-17(13-20(19)25-21(18)28)15-26-9-11-27(12-10-26)22(29)23(16-24)7-3-4-8-23/h5-6,13-14H,2-4,7-12,15H2,1H3,(H,25,28). The van der Waals surface area contributed by atoms with Gasteiger partial charge in [-0.3, -0.25) is 14.5 Å². The number of carbonyl (C=O) groups is 1. The number of aromatic nitrogens is 1. The van der Waals surface area contributed by atoms with Crippen molar-refractivity contribution in [3.8, 4) is 6.07 Å². The zero-order valence-electron chi connectivity index (χ0n) is 17.0. The van der Waals surface area contributed by atoms with E-state index in [1.54, 1.807) is 0 Å². The van der Waals surface area contributed by atoms with Crippen LogP contribution in [0.2, 0.25) is 0 Å². The van der Waals surface area contributed by atoms with Gasteiger partial charge in [0.05, 0.1) is 6.07 Å². The first-order chi connectivity index (χ1) is 14.0. The lowest BCUT2D eigenvalue weighted by Gasteiger charge is -2.37. The molecule has 1 N–H and O–H groups in total. The Labute approximate surface area is 171 Å². The molecule has 6 heteroatoms. The summed E-state index contributed by atoms with van der Waals surface area (Å²) in [5.41, 5.74) is 2.05. The van der Waals surface area contributed by atoms with E-state index in [-0.39, 0.29) is 11.5 Å². The molecule has 0 unspecified atom stereocenters. The molecule has 2 aliphatic rings. The summed E-state index contributed by atoms with van der Waals surface area (Å²) in [6, 6.07) is 10.5. The van der Waals surface area contributed by atoms with Crippen molar-refractivity contribution in [3.05, 3.63) is 45.7 Å². The van der Waals surface area contributed by atoms with Crippen LogP contribution in [0.15, 0.2) is 29.1 Å². The molecule has 1 aliphatic carbocycles. The van der Waals surface area contributed by atoms with Crippen LogP contribution in [0.3, 0.4) is 0 Å². The Hall–Kier alpha value is -2.65. The van der Waals surface area contributed by atoms with Gasteiger partial charge in [-0.1, -0.05) is 31.9 Å². The highest BCUT2D eigenvalue weighted by molar-refractivity contribution is 5.86. The van der Waals surface area contributed by atoms with Gasteiger partial charge < -0.3 is 9.88 Å². The van der Waals surface area contributed by atoms with Crippen LogP contribution < -0.4 is 5.56 Å². The number of rotatable bonds is 4. The van der Waals surface area contributed by atoms with Gasteiger partial charge in [-0.15, -0.1) is 0 Å². The van der Waals surface area contributed by atoms with Crippen molar-refractivity contribution < 1.29 is 4.79 Å². The summed E-state index contributed by atoms with van der Waals surface area (Å²) >= 11 is 0. The lowest BCUT2D eigenvalue weighted by Crippen LogP contribution is -2.52. The number of benzene rings is 1. The van der Waals surface area contributed by atoms with Gasteiger partial charge in [0.1, 0.15) is 5.41 Å². The van der Waals surface area contributed by atoms with Crippen LogP contribution >= 0.6 is 0 Å². The molecular formula is C23H28N4O2. The minimum absolute atomic E-state index is 0.0115. The molecule has 29 heavy (non-hydrogen) atoms. The second-order valence-corrected chi connectivity index (χ2v) is 8.37. The third-order valence-electron chi connectivity index (χ3n) is 6.51. The average Bonchev–Trinajstić information content (AvgIpc) is 3.23. The number of H-pyrrole nitrogens is 1. The quantitative estimate of drug-likeness (QED) is 0.868. The largest absolute Gasteiger partial charge is 0.339 e. The molecule has 1 saturated heterocycles. The third-order valence-corrected chi connectivity index (χ3v) is 6.51. The first-order valence-electron chi connectivity index (χ1n) is 10.6. The molecule has 1 aromatic carbocycles. The fraction of sp³-hybridized carbons (Fsp3) is 0.522. The van der Waals surface area contributed by atoms with Gasteiger partial charge in [-0.25, -0.2) is 0 Å². The van der Waals surface area contributed by atoms with Crippen molar-refractivity contribution in [2.45, 2.75) is 45.6 Å². The van der Waals surface area contributed by atoms with Crippen LogP contribution in [-0.2, 0) is 17.8 Å². The molecule has 2 aromatic rings. The molecule has 1 aliphatic heterocycles. The Morgan fingerprint density at radius 2 is 1.90 bits per heavy atom. The lowest BCUT2D eigenvalue weighted by atomic mass is 9.86. The molecule has 0 bridgehead atoms. The minimum atomic E-state index is -0.774. The number of nitriles is 1. The summed E-state index contributed by atoms with van der Waals surface area (Å²) < 4.78 is 0. The summed E-state index contributed by atoms with van der Waals surface area (Å²) in [6.07, 6.45) is 4.09.